The highest BCUT2D eigenvalue weighted by molar-refractivity contribution is 6.31. The number of aromatic nitrogens is 2. The molecule has 0 unspecified atom stereocenters. The van der Waals surface area contributed by atoms with Crippen LogP contribution in [0, 0.1) is 17.1 Å². The molecule has 0 amide bonds. The van der Waals surface area contributed by atoms with E-state index in [1.54, 1.807) is 12.1 Å². The Morgan fingerprint density at radius 3 is 2.66 bits per heavy atom. The molecule has 0 atom stereocenters. The number of rotatable bonds is 6. The monoisotopic (exact) mass is 435 g/mol. The smallest absolute Gasteiger partial charge is 0.328 e. The van der Waals surface area contributed by atoms with Crippen LogP contribution in [0.25, 0.3) is 0 Å². The first-order chi connectivity index (χ1) is 13.9. The lowest BCUT2D eigenvalue weighted by Crippen LogP contribution is -2.37. The van der Waals surface area contributed by atoms with Gasteiger partial charge in [-0.05, 0) is 30.3 Å². The summed E-state index contributed by atoms with van der Waals surface area (Å²) < 4.78 is 25.4. The van der Waals surface area contributed by atoms with Crippen LogP contribution in [0.1, 0.15) is 5.56 Å². The number of aromatic amines is 1. The van der Waals surface area contributed by atoms with Gasteiger partial charge in [0.2, 0.25) is 5.82 Å². The first kappa shape index (κ1) is 20.5. The van der Waals surface area contributed by atoms with Crippen LogP contribution in [0.3, 0.4) is 0 Å². The highest BCUT2D eigenvalue weighted by Crippen LogP contribution is 2.35. The van der Waals surface area contributed by atoms with Crippen molar-refractivity contribution in [3.05, 3.63) is 84.9 Å². The lowest BCUT2D eigenvalue weighted by molar-refractivity contribution is 0.280. The second-order valence-corrected chi connectivity index (χ2v) is 6.60. The molecule has 1 N–H and O–H groups in total. The Kier molecular flexibility index (Phi) is 6.22. The predicted octanol–water partition coefficient (Wildman–Crippen LogP) is 3.73. The van der Waals surface area contributed by atoms with Crippen LogP contribution in [0.15, 0.2) is 52.2 Å². The van der Waals surface area contributed by atoms with Crippen LogP contribution < -0.4 is 20.7 Å². The molecule has 0 spiro atoms. The van der Waals surface area contributed by atoms with Crippen molar-refractivity contribution in [2.45, 2.75) is 6.54 Å². The Hall–Kier alpha value is -3.28. The van der Waals surface area contributed by atoms with E-state index < -0.39 is 17.1 Å². The van der Waals surface area contributed by atoms with Crippen LogP contribution in [0.2, 0.25) is 10.0 Å². The highest BCUT2D eigenvalue weighted by Gasteiger charge is 2.11. The second kappa shape index (κ2) is 8.82. The zero-order chi connectivity index (χ0) is 21.0. The van der Waals surface area contributed by atoms with Gasteiger partial charge in [-0.15, -0.1) is 0 Å². The summed E-state index contributed by atoms with van der Waals surface area (Å²) in [5.74, 6) is -0.289. The quantitative estimate of drug-likeness (QED) is 0.635. The van der Waals surface area contributed by atoms with Crippen molar-refractivity contribution in [3.63, 3.8) is 0 Å². The van der Waals surface area contributed by atoms with E-state index in [1.165, 1.54) is 24.3 Å². The molecular weight excluding hydrogens is 424 g/mol. The summed E-state index contributed by atoms with van der Waals surface area (Å²) in [6.45, 7) is -0.338. The number of benzene rings is 2. The van der Waals surface area contributed by atoms with Gasteiger partial charge in [0, 0.05) is 22.3 Å². The topological polar surface area (TPSA) is 97.1 Å². The second-order valence-electron chi connectivity index (χ2n) is 5.73. The van der Waals surface area contributed by atoms with Gasteiger partial charge in [0.1, 0.15) is 12.4 Å². The number of halogens is 3. The molecule has 1 aromatic heterocycles. The maximum Gasteiger partial charge on any atom is 0.328 e. The molecule has 29 heavy (non-hydrogen) atoms. The summed E-state index contributed by atoms with van der Waals surface area (Å²) >= 11 is 12.0. The first-order valence-corrected chi connectivity index (χ1v) is 8.92. The molecule has 148 valence electrons. The van der Waals surface area contributed by atoms with Gasteiger partial charge in [-0.1, -0.05) is 23.2 Å². The van der Waals surface area contributed by atoms with Gasteiger partial charge in [0.05, 0.1) is 18.2 Å². The lowest BCUT2D eigenvalue weighted by atomic mass is 10.2. The molecule has 0 aliphatic rings. The first-order valence-electron chi connectivity index (χ1n) is 8.16. The largest absolute Gasteiger partial charge is 0.488 e. The molecule has 0 bridgehead atoms. The molecule has 3 rings (SSSR count). The summed E-state index contributed by atoms with van der Waals surface area (Å²) in [6.07, 6.45) is 0.700. The van der Waals surface area contributed by atoms with Crippen molar-refractivity contribution >= 4 is 23.2 Å². The molecule has 0 saturated heterocycles. The van der Waals surface area contributed by atoms with Crippen LogP contribution in [0.4, 0.5) is 4.39 Å². The van der Waals surface area contributed by atoms with E-state index in [2.05, 4.69) is 4.98 Å². The Bertz CT molecular complexity index is 1220. The summed E-state index contributed by atoms with van der Waals surface area (Å²) in [4.78, 5) is 25.5. The number of nitriles is 1. The zero-order valence-corrected chi connectivity index (χ0v) is 16.1. The number of nitrogens with zero attached hydrogens (tertiary/aromatic N) is 2. The SMILES string of the molecule is N#Cc1cc(Cl)cc(Oc2ccc(Cl)cc2OCCn2c(=O)[nH]cc(F)c2=O)c1. The number of hydrogen-bond donors (Lipinski definition) is 1. The van der Waals surface area contributed by atoms with Crippen molar-refractivity contribution in [2.75, 3.05) is 6.61 Å². The fraction of sp³-hybridized carbons (Fsp3) is 0.105. The normalized spacial score (nSPS) is 10.4. The highest BCUT2D eigenvalue weighted by atomic mass is 35.5. The molecular formula is C19H12Cl2FN3O4. The molecule has 3 aromatic rings. The van der Waals surface area contributed by atoms with Crippen LogP contribution >= 0.6 is 23.2 Å². The minimum Gasteiger partial charge on any atom is -0.488 e. The summed E-state index contributed by atoms with van der Waals surface area (Å²) in [7, 11) is 0. The van der Waals surface area contributed by atoms with E-state index in [-0.39, 0.29) is 24.7 Å². The van der Waals surface area contributed by atoms with Gasteiger partial charge >= 0.3 is 5.69 Å². The number of nitrogens with one attached hydrogen (secondary N) is 1. The molecule has 0 aliphatic carbocycles. The summed E-state index contributed by atoms with van der Waals surface area (Å²) in [5, 5.41) is 9.72. The van der Waals surface area contributed by atoms with E-state index >= 15 is 0 Å². The van der Waals surface area contributed by atoms with E-state index in [4.69, 9.17) is 37.9 Å². The minimum atomic E-state index is -1.08. The van der Waals surface area contributed by atoms with Crippen LogP contribution in [-0.4, -0.2) is 16.2 Å². The van der Waals surface area contributed by atoms with Gasteiger partial charge in [0.15, 0.2) is 11.5 Å². The van der Waals surface area contributed by atoms with Crippen molar-refractivity contribution in [3.8, 4) is 23.3 Å². The van der Waals surface area contributed by atoms with Crippen molar-refractivity contribution < 1.29 is 13.9 Å². The van der Waals surface area contributed by atoms with Gasteiger partial charge in [0.25, 0.3) is 5.56 Å². The van der Waals surface area contributed by atoms with Gasteiger partial charge in [-0.2, -0.15) is 9.65 Å². The molecule has 0 saturated carbocycles. The molecule has 1 heterocycles. The predicted molar refractivity (Wildman–Crippen MR) is 104 cm³/mol. The standard InChI is InChI=1S/C19H12Cl2FN3O4/c20-12-1-2-16(29-14-6-11(9-23)5-13(21)7-14)17(8-12)28-4-3-25-18(26)15(22)10-24-19(25)27/h1-2,5-8,10H,3-4H2,(H,24,27). The van der Waals surface area contributed by atoms with E-state index in [0.29, 0.717) is 32.1 Å². The average molecular weight is 436 g/mol. The molecule has 7 nitrogen and oxygen atoms in total. The Morgan fingerprint density at radius 1 is 1.10 bits per heavy atom. The Balaban J connectivity index is 1.81. The third kappa shape index (κ3) is 4.96. The van der Waals surface area contributed by atoms with Gasteiger partial charge in [-0.3, -0.25) is 9.36 Å². The maximum absolute atomic E-state index is 13.3. The number of H-pyrrole nitrogens is 1. The molecule has 0 fully saturated rings. The molecule has 2 aromatic carbocycles. The maximum atomic E-state index is 13.3. The van der Waals surface area contributed by atoms with Crippen molar-refractivity contribution in [2.24, 2.45) is 0 Å². The van der Waals surface area contributed by atoms with Gasteiger partial charge < -0.3 is 14.5 Å². The molecule has 0 radical (unpaired) electrons. The molecule has 0 aliphatic heterocycles. The third-order valence-corrected chi connectivity index (χ3v) is 4.18. The fourth-order valence-electron chi connectivity index (χ4n) is 2.43. The van der Waals surface area contributed by atoms with Crippen LogP contribution in [-0.2, 0) is 6.54 Å². The third-order valence-electron chi connectivity index (χ3n) is 3.72. The number of ether oxygens (including phenoxy) is 2. The van der Waals surface area contributed by atoms with Crippen molar-refractivity contribution in [1.29, 1.82) is 5.26 Å². The van der Waals surface area contributed by atoms with Crippen LogP contribution in [0.5, 0.6) is 17.2 Å². The van der Waals surface area contributed by atoms with E-state index in [0.717, 1.165) is 0 Å². The number of hydrogen-bond acceptors (Lipinski definition) is 5. The summed E-state index contributed by atoms with van der Waals surface area (Å²) in [5.41, 5.74) is -1.50. The zero-order valence-electron chi connectivity index (χ0n) is 14.6. The molecule has 10 heteroatoms. The van der Waals surface area contributed by atoms with E-state index in [9.17, 15) is 14.0 Å². The van der Waals surface area contributed by atoms with E-state index in [1.807, 2.05) is 6.07 Å². The Labute approximate surface area is 173 Å². The fourth-order valence-corrected chi connectivity index (χ4v) is 2.82. The average Bonchev–Trinajstić information content (AvgIpc) is 2.69. The van der Waals surface area contributed by atoms with Crippen molar-refractivity contribution in [1.82, 2.24) is 9.55 Å². The minimum absolute atomic E-state index is 0.137. The summed E-state index contributed by atoms with van der Waals surface area (Å²) in [6, 6.07) is 11.1. The Morgan fingerprint density at radius 2 is 1.90 bits per heavy atom. The van der Waals surface area contributed by atoms with Gasteiger partial charge in [-0.25, -0.2) is 4.79 Å². The lowest BCUT2D eigenvalue weighted by Gasteiger charge is -2.13.